The van der Waals surface area contributed by atoms with Gasteiger partial charge in [-0.2, -0.15) is 13.2 Å². The van der Waals surface area contributed by atoms with E-state index in [1.807, 2.05) is 0 Å². The first kappa shape index (κ1) is 19.2. The molecule has 1 aliphatic heterocycles. The summed E-state index contributed by atoms with van der Waals surface area (Å²) < 4.78 is 50.1. The number of cyclic esters (lactones) is 2. The molecular formula is C23H20F3NO3. The summed E-state index contributed by atoms with van der Waals surface area (Å²) in [5.41, 5.74) is -0.180. The van der Waals surface area contributed by atoms with Gasteiger partial charge >= 0.3 is 18.1 Å². The highest BCUT2D eigenvalue weighted by Crippen LogP contribution is 2.54. The summed E-state index contributed by atoms with van der Waals surface area (Å²) in [7, 11) is 1.69. The highest BCUT2D eigenvalue weighted by Gasteiger charge is 2.51. The van der Waals surface area contributed by atoms with Gasteiger partial charge in [0.25, 0.3) is 0 Å². The summed E-state index contributed by atoms with van der Waals surface area (Å²) in [5, 5.41) is 0.392. The molecule has 30 heavy (non-hydrogen) atoms. The lowest BCUT2D eigenvalue weighted by Gasteiger charge is -2.16. The molecule has 0 radical (unpaired) electrons. The normalized spacial score (nSPS) is 21.4. The minimum absolute atomic E-state index is 0.0642. The second-order valence-electron chi connectivity index (χ2n) is 8.34. The van der Waals surface area contributed by atoms with Crippen LogP contribution in [0.1, 0.15) is 36.9 Å². The van der Waals surface area contributed by atoms with E-state index in [9.17, 15) is 22.8 Å². The van der Waals surface area contributed by atoms with Crippen LogP contribution in [0.15, 0.2) is 41.0 Å². The van der Waals surface area contributed by atoms with Gasteiger partial charge in [-0.25, -0.2) is 9.59 Å². The second-order valence-corrected chi connectivity index (χ2v) is 8.34. The summed E-state index contributed by atoms with van der Waals surface area (Å²) in [4.78, 5) is 25.3. The summed E-state index contributed by atoms with van der Waals surface area (Å²) in [5.74, 6) is -2.00. The number of nitrogens with zero attached hydrogens (tertiary/aromatic N) is 1. The summed E-state index contributed by atoms with van der Waals surface area (Å²) in [6, 6.07) is 6.76. The molecular weight excluding hydrogens is 395 g/mol. The van der Waals surface area contributed by atoms with Crippen LogP contribution in [-0.4, -0.2) is 22.7 Å². The molecule has 3 fully saturated rings. The average Bonchev–Trinajstić information content (AvgIpc) is 3.59. The van der Waals surface area contributed by atoms with E-state index in [4.69, 9.17) is 4.74 Å². The van der Waals surface area contributed by atoms with Gasteiger partial charge in [-0.05, 0) is 56.1 Å². The Hall–Kier alpha value is -2.83. The van der Waals surface area contributed by atoms with Gasteiger partial charge in [0.05, 0.1) is 16.7 Å². The SMILES string of the molecule is Cc1c(C(=C2C(=O)OC(=O)C2=C(C2CC2)C2CC2)C(F)(F)F)c2ccccc2n1C. The molecule has 2 aliphatic carbocycles. The predicted molar refractivity (Wildman–Crippen MR) is 104 cm³/mol. The highest BCUT2D eigenvalue weighted by atomic mass is 19.4. The number of ether oxygens (including phenoxy) is 1. The minimum atomic E-state index is -4.84. The van der Waals surface area contributed by atoms with Crippen LogP contribution in [0.25, 0.3) is 16.5 Å². The van der Waals surface area contributed by atoms with Crippen LogP contribution in [0.2, 0.25) is 0 Å². The molecule has 4 nitrogen and oxygen atoms in total. The molecule has 0 N–H and O–H groups in total. The molecule has 7 heteroatoms. The van der Waals surface area contributed by atoms with E-state index < -0.39 is 29.3 Å². The maximum absolute atomic E-state index is 14.5. The molecule has 0 unspecified atom stereocenters. The molecule has 2 heterocycles. The van der Waals surface area contributed by atoms with E-state index in [2.05, 4.69) is 0 Å². The Labute approximate surface area is 171 Å². The van der Waals surface area contributed by atoms with Crippen LogP contribution in [0, 0.1) is 18.8 Å². The first-order valence-corrected chi connectivity index (χ1v) is 10.1. The fourth-order valence-electron chi connectivity index (χ4n) is 4.65. The van der Waals surface area contributed by atoms with Gasteiger partial charge in [0, 0.05) is 29.2 Å². The van der Waals surface area contributed by atoms with E-state index in [0.717, 1.165) is 25.7 Å². The van der Waals surface area contributed by atoms with Crippen LogP contribution in [-0.2, 0) is 21.4 Å². The van der Waals surface area contributed by atoms with Gasteiger partial charge < -0.3 is 9.30 Å². The largest absolute Gasteiger partial charge is 0.417 e. The molecule has 2 aromatic rings. The van der Waals surface area contributed by atoms with Crippen molar-refractivity contribution in [2.45, 2.75) is 38.8 Å². The van der Waals surface area contributed by atoms with Crippen LogP contribution >= 0.6 is 0 Å². The lowest BCUT2D eigenvalue weighted by atomic mass is 9.88. The number of carbonyl (C=O) groups is 2. The number of halogens is 3. The van der Waals surface area contributed by atoms with Crippen molar-refractivity contribution in [1.29, 1.82) is 0 Å². The third-order valence-corrected chi connectivity index (χ3v) is 6.35. The van der Waals surface area contributed by atoms with Crippen molar-refractivity contribution in [2.75, 3.05) is 0 Å². The fraction of sp³-hybridized carbons (Fsp3) is 0.391. The number of benzene rings is 1. The van der Waals surface area contributed by atoms with Crippen molar-refractivity contribution in [3.05, 3.63) is 52.2 Å². The lowest BCUT2D eigenvalue weighted by Crippen LogP contribution is -2.17. The van der Waals surface area contributed by atoms with Crippen molar-refractivity contribution in [1.82, 2.24) is 4.57 Å². The van der Waals surface area contributed by atoms with Gasteiger partial charge in [0.2, 0.25) is 0 Å². The second kappa shape index (κ2) is 6.33. The first-order chi connectivity index (χ1) is 14.2. The van der Waals surface area contributed by atoms with Gasteiger partial charge in [0.1, 0.15) is 0 Å². The molecule has 0 atom stereocenters. The zero-order valence-electron chi connectivity index (χ0n) is 16.6. The van der Waals surface area contributed by atoms with E-state index >= 15 is 0 Å². The van der Waals surface area contributed by atoms with Gasteiger partial charge in [0.15, 0.2) is 0 Å². The Morgan fingerprint density at radius 1 is 1.00 bits per heavy atom. The van der Waals surface area contributed by atoms with Gasteiger partial charge in [-0.1, -0.05) is 18.2 Å². The molecule has 0 amide bonds. The summed E-state index contributed by atoms with van der Waals surface area (Å²) in [6.45, 7) is 1.59. The summed E-state index contributed by atoms with van der Waals surface area (Å²) >= 11 is 0. The van der Waals surface area contributed by atoms with Crippen LogP contribution in [0.4, 0.5) is 13.2 Å². The third kappa shape index (κ3) is 2.82. The number of fused-ring (bicyclic) bond motifs is 1. The Morgan fingerprint density at radius 2 is 1.57 bits per heavy atom. The quantitative estimate of drug-likeness (QED) is 0.403. The molecule has 1 aromatic carbocycles. The molecule has 1 aromatic heterocycles. The van der Waals surface area contributed by atoms with Crippen molar-refractivity contribution in [3.63, 3.8) is 0 Å². The fourth-order valence-corrected chi connectivity index (χ4v) is 4.65. The number of hydrogen-bond acceptors (Lipinski definition) is 3. The molecule has 5 rings (SSSR count). The zero-order chi connectivity index (χ0) is 21.4. The molecule has 0 spiro atoms. The number of esters is 2. The van der Waals surface area contributed by atoms with Gasteiger partial charge in [-0.3, -0.25) is 0 Å². The monoisotopic (exact) mass is 415 g/mol. The first-order valence-electron chi connectivity index (χ1n) is 10.1. The van der Waals surface area contributed by atoms with Crippen molar-refractivity contribution >= 4 is 28.4 Å². The Balaban J connectivity index is 1.90. The van der Waals surface area contributed by atoms with Crippen LogP contribution in [0.5, 0.6) is 0 Å². The average molecular weight is 415 g/mol. The lowest BCUT2D eigenvalue weighted by molar-refractivity contribution is -0.150. The van der Waals surface area contributed by atoms with Crippen molar-refractivity contribution in [2.24, 2.45) is 18.9 Å². The minimum Gasteiger partial charge on any atom is -0.386 e. The predicted octanol–water partition coefficient (Wildman–Crippen LogP) is 5.00. The number of aromatic nitrogens is 1. The Morgan fingerprint density at radius 3 is 2.13 bits per heavy atom. The van der Waals surface area contributed by atoms with Crippen LogP contribution in [0.3, 0.4) is 0 Å². The Bertz CT molecular complexity index is 1160. The number of carbonyl (C=O) groups excluding carboxylic acids is 2. The number of para-hydroxylation sites is 1. The topological polar surface area (TPSA) is 48.3 Å². The molecule has 3 aliphatic rings. The molecule has 2 saturated carbocycles. The van der Waals surface area contributed by atoms with E-state index in [1.54, 1.807) is 42.8 Å². The standard InChI is InChI=1S/C23H20F3NO3/c1-11-16(14-5-3-4-6-15(14)27(11)2)20(23(24,25)26)19-18(21(28)30-22(19)29)17(12-7-8-12)13-9-10-13/h3-6,12-13H,7-10H2,1-2H3. The number of aryl methyl sites for hydroxylation is 1. The van der Waals surface area contributed by atoms with Gasteiger partial charge in [-0.15, -0.1) is 0 Å². The summed E-state index contributed by atoms with van der Waals surface area (Å²) in [6.07, 6.45) is -1.51. The molecule has 156 valence electrons. The van der Waals surface area contributed by atoms with E-state index in [-0.39, 0.29) is 23.0 Å². The number of rotatable bonds is 3. The van der Waals surface area contributed by atoms with E-state index in [1.165, 1.54) is 0 Å². The Kier molecular flexibility index (Phi) is 4.04. The van der Waals surface area contributed by atoms with Crippen molar-refractivity contribution in [3.8, 4) is 0 Å². The number of allylic oxidation sites excluding steroid dienone is 2. The number of hydrogen-bond donors (Lipinski definition) is 0. The maximum Gasteiger partial charge on any atom is 0.417 e. The smallest absolute Gasteiger partial charge is 0.386 e. The molecule has 0 bridgehead atoms. The highest BCUT2D eigenvalue weighted by molar-refractivity contribution is 6.23. The van der Waals surface area contributed by atoms with Crippen molar-refractivity contribution < 1.29 is 27.5 Å². The molecule has 1 saturated heterocycles. The van der Waals surface area contributed by atoms with Crippen LogP contribution < -0.4 is 0 Å². The maximum atomic E-state index is 14.5. The van der Waals surface area contributed by atoms with E-state index in [0.29, 0.717) is 22.2 Å². The zero-order valence-corrected chi connectivity index (χ0v) is 16.6. The third-order valence-electron chi connectivity index (χ3n) is 6.35. The number of alkyl halides is 3.